The fraction of sp³-hybridized carbons (Fsp3) is 0.111. The Balaban J connectivity index is 1.40. The summed E-state index contributed by atoms with van der Waals surface area (Å²) in [6, 6.07) is 20.4. The number of thiazole rings is 1. The molecule has 0 aliphatic rings. The zero-order chi connectivity index (χ0) is 24.8. The van der Waals surface area contributed by atoms with Crippen LogP contribution in [0.4, 0.5) is 5.13 Å². The number of hydrogen-bond donors (Lipinski definition) is 1. The molecule has 0 saturated carbocycles. The van der Waals surface area contributed by atoms with Gasteiger partial charge in [0.1, 0.15) is 6.61 Å². The Kier molecular flexibility index (Phi) is 8.08. The second-order valence-electron chi connectivity index (χ2n) is 7.58. The average Bonchev–Trinajstić information content (AvgIpc) is 3.22. The van der Waals surface area contributed by atoms with Crippen LogP contribution in [0.3, 0.4) is 0 Å². The molecule has 0 radical (unpaired) electrons. The monoisotopic (exact) mass is 524 g/mol. The molecule has 0 aliphatic heterocycles. The molecule has 0 atom stereocenters. The highest BCUT2D eigenvalue weighted by atomic mass is 35.5. The van der Waals surface area contributed by atoms with Crippen LogP contribution in [0.15, 0.2) is 72.8 Å². The van der Waals surface area contributed by atoms with Gasteiger partial charge in [0.25, 0.3) is 0 Å². The number of aromatic nitrogens is 1. The number of rotatable bonds is 8. The van der Waals surface area contributed by atoms with Crippen molar-refractivity contribution in [1.82, 2.24) is 4.98 Å². The molecule has 1 N–H and O–H groups in total. The largest absolute Gasteiger partial charge is 0.493 e. The summed E-state index contributed by atoms with van der Waals surface area (Å²) in [6.45, 7) is 2.35. The highest BCUT2D eigenvalue weighted by Gasteiger charge is 2.12. The first-order valence-corrected chi connectivity index (χ1v) is 12.3. The van der Waals surface area contributed by atoms with Crippen molar-refractivity contribution < 1.29 is 14.3 Å². The number of amides is 1. The maximum atomic E-state index is 12.5. The summed E-state index contributed by atoms with van der Waals surface area (Å²) in [6.07, 6.45) is 3.16. The quantitative estimate of drug-likeness (QED) is 0.240. The van der Waals surface area contributed by atoms with Gasteiger partial charge >= 0.3 is 0 Å². The van der Waals surface area contributed by atoms with Gasteiger partial charge in [0.05, 0.1) is 12.8 Å². The summed E-state index contributed by atoms with van der Waals surface area (Å²) in [5.74, 6) is 0.900. The van der Waals surface area contributed by atoms with E-state index in [0.717, 1.165) is 27.3 Å². The van der Waals surface area contributed by atoms with Gasteiger partial charge in [-0.15, -0.1) is 11.3 Å². The van der Waals surface area contributed by atoms with Crippen molar-refractivity contribution >= 4 is 51.7 Å². The van der Waals surface area contributed by atoms with Gasteiger partial charge in [0.15, 0.2) is 16.6 Å². The molecule has 1 heterocycles. The zero-order valence-electron chi connectivity index (χ0n) is 19.0. The molecule has 178 valence electrons. The minimum absolute atomic E-state index is 0.279. The Morgan fingerprint density at radius 1 is 1.03 bits per heavy atom. The third kappa shape index (κ3) is 6.63. The van der Waals surface area contributed by atoms with Crippen molar-refractivity contribution in [1.29, 1.82) is 0 Å². The second-order valence-corrected chi connectivity index (χ2v) is 9.66. The molecule has 5 nitrogen and oxygen atoms in total. The molecule has 0 spiro atoms. The van der Waals surface area contributed by atoms with Crippen molar-refractivity contribution in [3.63, 3.8) is 0 Å². The first kappa shape index (κ1) is 24.8. The van der Waals surface area contributed by atoms with Crippen LogP contribution in [-0.4, -0.2) is 18.0 Å². The van der Waals surface area contributed by atoms with Crippen LogP contribution in [0.5, 0.6) is 11.5 Å². The smallest absolute Gasteiger partial charge is 0.250 e. The molecule has 1 aromatic heterocycles. The van der Waals surface area contributed by atoms with E-state index in [1.807, 2.05) is 73.7 Å². The summed E-state index contributed by atoms with van der Waals surface area (Å²) >= 11 is 13.4. The van der Waals surface area contributed by atoms with Gasteiger partial charge in [-0.05, 0) is 60.5 Å². The van der Waals surface area contributed by atoms with E-state index in [1.165, 1.54) is 17.4 Å². The van der Waals surface area contributed by atoms with E-state index in [2.05, 4.69) is 10.3 Å². The van der Waals surface area contributed by atoms with Crippen LogP contribution < -0.4 is 14.8 Å². The number of nitrogens with zero attached hydrogens (tertiary/aromatic N) is 1. The normalized spacial score (nSPS) is 11.0. The lowest BCUT2D eigenvalue weighted by Crippen LogP contribution is -2.07. The summed E-state index contributed by atoms with van der Waals surface area (Å²) in [4.78, 5) is 18.0. The lowest BCUT2D eigenvalue weighted by atomic mass is 10.1. The van der Waals surface area contributed by atoms with Gasteiger partial charge in [0.2, 0.25) is 5.91 Å². The molecule has 0 fully saturated rings. The van der Waals surface area contributed by atoms with E-state index >= 15 is 0 Å². The van der Waals surface area contributed by atoms with E-state index in [0.29, 0.717) is 33.3 Å². The summed E-state index contributed by atoms with van der Waals surface area (Å²) < 4.78 is 11.3. The maximum Gasteiger partial charge on any atom is 0.250 e. The number of methoxy groups -OCH3 is 1. The fourth-order valence-electron chi connectivity index (χ4n) is 3.32. The van der Waals surface area contributed by atoms with Crippen molar-refractivity contribution in [3.05, 3.63) is 98.9 Å². The predicted octanol–water partition coefficient (Wildman–Crippen LogP) is 7.66. The molecular weight excluding hydrogens is 503 g/mol. The molecule has 35 heavy (non-hydrogen) atoms. The summed E-state index contributed by atoms with van der Waals surface area (Å²) in [5.41, 5.74) is 3.50. The third-order valence-corrected chi connectivity index (χ3v) is 6.42. The molecule has 0 aliphatic carbocycles. The average molecular weight is 525 g/mol. The number of aryl methyl sites for hydroxylation is 1. The minimum atomic E-state index is -0.279. The summed E-state index contributed by atoms with van der Waals surface area (Å²) in [7, 11) is 1.58. The van der Waals surface area contributed by atoms with E-state index in [9.17, 15) is 4.79 Å². The number of ether oxygens (including phenoxy) is 2. The number of hydrogen-bond acceptors (Lipinski definition) is 5. The van der Waals surface area contributed by atoms with Gasteiger partial charge in [-0.1, -0.05) is 53.5 Å². The number of carbonyl (C=O) groups excluding carboxylic acids is 1. The number of carbonyl (C=O) groups is 1. The minimum Gasteiger partial charge on any atom is -0.493 e. The number of anilines is 1. The van der Waals surface area contributed by atoms with E-state index < -0.39 is 0 Å². The molecular formula is C27H22Cl2N2O3S. The summed E-state index contributed by atoms with van der Waals surface area (Å²) in [5, 5.41) is 4.67. The van der Waals surface area contributed by atoms with Gasteiger partial charge in [-0.3, -0.25) is 10.1 Å². The fourth-order valence-corrected chi connectivity index (χ4v) is 4.48. The van der Waals surface area contributed by atoms with Gasteiger partial charge < -0.3 is 9.47 Å². The van der Waals surface area contributed by atoms with Gasteiger partial charge in [0, 0.05) is 26.6 Å². The Labute approximate surface area is 218 Å². The van der Waals surface area contributed by atoms with Crippen molar-refractivity contribution in [2.24, 2.45) is 0 Å². The molecule has 0 unspecified atom stereocenters. The Morgan fingerprint density at radius 3 is 2.57 bits per heavy atom. The molecule has 4 rings (SSSR count). The highest BCUT2D eigenvalue weighted by Crippen LogP contribution is 2.32. The molecule has 3 aromatic carbocycles. The second kappa shape index (κ2) is 11.4. The SMILES string of the molecule is COc1cc(C=CC(=O)Nc2nc(-c3cccc(Cl)c3)c(C)s2)ccc1OCc1ccc(Cl)cc1. The predicted molar refractivity (Wildman–Crippen MR) is 144 cm³/mol. The molecule has 0 saturated heterocycles. The van der Waals surface area contributed by atoms with E-state index in [4.69, 9.17) is 32.7 Å². The van der Waals surface area contributed by atoms with Crippen LogP contribution in [0.1, 0.15) is 16.0 Å². The Bertz CT molecular complexity index is 1370. The maximum absolute atomic E-state index is 12.5. The molecule has 8 heteroatoms. The van der Waals surface area contributed by atoms with E-state index in [1.54, 1.807) is 13.2 Å². The highest BCUT2D eigenvalue weighted by molar-refractivity contribution is 7.16. The van der Waals surface area contributed by atoms with Crippen LogP contribution in [-0.2, 0) is 11.4 Å². The van der Waals surface area contributed by atoms with E-state index in [-0.39, 0.29) is 5.91 Å². The van der Waals surface area contributed by atoms with Crippen molar-refractivity contribution in [2.75, 3.05) is 12.4 Å². The standard InChI is InChI=1S/C27H22Cl2N2O3S/c1-17-26(20-4-3-5-22(29)15-20)31-27(35-17)30-25(32)13-9-18-8-12-23(24(14-18)33-2)34-16-19-6-10-21(28)11-7-19/h3-15H,16H2,1-2H3,(H,30,31,32). The number of nitrogens with one attached hydrogen (secondary N) is 1. The van der Waals surface area contributed by atoms with Crippen molar-refractivity contribution in [3.8, 4) is 22.8 Å². The Morgan fingerprint density at radius 2 is 1.83 bits per heavy atom. The van der Waals surface area contributed by atoms with Crippen molar-refractivity contribution in [2.45, 2.75) is 13.5 Å². The molecule has 4 aromatic rings. The van der Waals surface area contributed by atoms with Gasteiger partial charge in [-0.25, -0.2) is 4.98 Å². The van der Waals surface area contributed by atoms with Crippen LogP contribution in [0.2, 0.25) is 10.0 Å². The van der Waals surface area contributed by atoms with Crippen LogP contribution >= 0.6 is 34.5 Å². The van der Waals surface area contributed by atoms with Crippen LogP contribution in [0.25, 0.3) is 17.3 Å². The lowest BCUT2D eigenvalue weighted by molar-refractivity contribution is -0.111. The molecule has 1 amide bonds. The van der Waals surface area contributed by atoms with Crippen LogP contribution in [0, 0.1) is 6.92 Å². The Hall–Kier alpha value is -3.32. The zero-order valence-corrected chi connectivity index (χ0v) is 21.4. The topological polar surface area (TPSA) is 60.5 Å². The third-order valence-electron chi connectivity index (χ3n) is 5.05. The first-order valence-electron chi connectivity index (χ1n) is 10.7. The van der Waals surface area contributed by atoms with Gasteiger partial charge in [-0.2, -0.15) is 0 Å². The number of benzene rings is 3. The molecule has 0 bridgehead atoms. The number of halogens is 2. The lowest BCUT2D eigenvalue weighted by Gasteiger charge is -2.11. The first-order chi connectivity index (χ1) is 16.9.